The summed E-state index contributed by atoms with van der Waals surface area (Å²) >= 11 is 0. The molecule has 2 heterocycles. The topological polar surface area (TPSA) is 82.2 Å². The van der Waals surface area contributed by atoms with E-state index in [0.717, 1.165) is 32.5 Å². The molecule has 1 aromatic rings. The average Bonchev–Trinajstić information content (AvgIpc) is 2.74. The zero-order chi connectivity index (χ0) is 14.5. The number of rotatable bonds is 6. The maximum absolute atomic E-state index is 11.3. The molecule has 1 atom stereocenters. The Morgan fingerprint density at radius 1 is 1.60 bits per heavy atom. The lowest BCUT2D eigenvalue weighted by molar-refractivity contribution is -0.384. The van der Waals surface area contributed by atoms with E-state index in [4.69, 9.17) is 4.74 Å². The Morgan fingerprint density at radius 2 is 2.40 bits per heavy atom. The summed E-state index contributed by atoms with van der Waals surface area (Å²) in [6.07, 6.45) is 3.62. The Bertz CT molecular complexity index is 466. The summed E-state index contributed by atoms with van der Waals surface area (Å²) < 4.78 is 7.00. The van der Waals surface area contributed by atoms with Gasteiger partial charge in [-0.05, 0) is 25.2 Å². The van der Waals surface area contributed by atoms with Crippen LogP contribution in [0.1, 0.15) is 31.9 Å². The summed E-state index contributed by atoms with van der Waals surface area (Å²) in [4.78, 5) is 10.9. The number of nitrogens with zero attached hydrogens (tertiary/aromatic N) is 3. The molecule has 0 aromatic carbocycles. The quantitative estimate of drug-likeness (QED) is 0.638. The summed E-state index contributed by atoms with van der Waals surface area (Å²) in [5, 5.41) is 18.7. The van der Waals surface area contributed by atoms with Crippen LogP contribution >= 0.6 is 0 Å². The van der Waals surface area contributed by atoms with Crippen molar-refractivity contribution in [1.82, 2.24) is 9.78 Å². The Balaban J connectivity index is 2.11. The molecule has 1 N–H and O–H groups in total. The van der Waals surface area contributed by atoms with Gasteiger partial charge in [-0.3, -0.25) is 10.1 Å². The van der Waals surface area contributed by atoms with E-state index in [9.17, 15) is 10.1 Å². The molecular weight excluding hydrogens is 260 g/mol. The van der Waals surface area contributed by atoms with Gasteiger partial charge in [-0.15, -0.1) is 0 Å². The standard InChI is InChI=1S/C13H22N4O3/c1-3-5-11-12(17(18)19)13(16(2)15-11)14-8-10-6-4-7-20-9-10/h10,14H,3-9H2,1-2H3. The van der Waals surface area contributed by atoms with Gasteiger partial charge in [-0.25, -0.2) is 4.68 Å². The minimum Gasteiger partial charge on any atom is -0.381 e. The highest BCUT2D eigenvalue weighted by atomic mass is 16.6. The van der Waals surface area contributed by atoms with Crippen LogP contribution in [0.4, 0.5) is 11.5 Å². The van der Waals surface area contributed by atoms with Crippen molar-refractivity contribution in [2.24, 2.45) is 13.0 Å². The van der Waals surface area contributed by atoms with Crippen molar-refractivity contribution >= 4 is 11.5 Å². The highest BCUT2D eigenvalue weighted by Gasteiger charge is 2.26. The molecular formula is C13H22N4O3. The van der Waals surface area contributed by atoms with Crippen molar-refractivity contribution in [2.45, 2.75) is 32.6 Å². The molecule has 0 aliphatic carbocycles. The molecule has 0 spiro atoms. The van der Waals surface area contributed by atoms with Crippen molar-refractivity contribution in [3.8, 4) is 0 Å². The van der Waals surface area contributed by atoms with Crippen LogP contribution in [-0.2, 0) is 18.2 Å². The number of aryl methyl sites for hydroxylation is 2. The summed E-state index contributed by atoms with van der Waals surface area (Å²) in [6.45, 7) is 4.22. The molecule has 112 valence electrons. The van der Waals surface area contributed by atoms with Gasteiger partial charge in [-0.1, -0.05) is 13.3 Å². The van der Waals surface area contributed by atoms with Crippen LogP contribution in [0, 0.1) is 16.0 Å². The molecule has 20 heavy (non-hydrogen) atoms. The van der Waals surface area contributed by atoms with Gasteiger partial charge >= 0.3 is 5.69 Å². The van der Waals surface area contributed by atoms with Crippen LogP contribution in [0.25, 0.3) is 0 Å². The Kier molecular flexibility index (Phi) is 4.94. The van der Waals surface area contributed by atoms with Crippen LogP contribution in [0.15, 0.2) is 0 Å². The Hall–Kier alpha value is -1.63. The fourth-order valence-electron chi connectivity index (χ4n) is 2.57. The first-order valence-electron chi connectivity index (χ1n) is 7.15. The first kappa shape index (κ1) is 14.8. The van der Waals surface area contributed by atoms with Gasteiger partial charge in [0.05, 0.1) is 11.5 Å². The highest BCUT2D eigenvalue weighted by Crippen LogP contribution is 2.29. The molecule has 1 aliphatic heterocycles. The van der Waals surface area contributed by atoms with Crippen LogP contribution in [0.3, 0.4) is 0 Å². The molecule has 7 heteroatoms. The van der Waals surface area contributed by atoms with Crippen molar-refractivity contribution in [2.75, 3.05) is 25.1 Å². The molecule has 7 nitrogen and oxygen atoms in total. The first-order valence-corrected chi connectivity index (χ1v) is 7.15. The third-order valence-corrected chi connectivity index (χ3v) is 3.57. The molecule has 2 rings (SSSR count). The smallest absolute Gasteiger partial charge is 0.333 e. The maximum Gasteiger partial charge on any atom is 0.333 e. The first-order chi connectivity index (χ1) is 9.63. The van der Waals surface area contributed by atoms with Gasteiger partial charge in [0.2, 0.25) is 5.82 Å². The van der Waals surface area contributed by atoms with Crippen molar-refractivity contribution in [3.05, 3.63) is 15.8 Å². The van der Waals surface area contributed by atoms with E-state index >= 15 is 0 Å². The highest BCUT2D eigenvalue weighted by molar-refractivity contribution is 5.59. The molecule has 0 radical (unpaired) electrons. The fraction of sp³-hybridized carbons (Fsp3) is 0.769. The fourth-order valence-corrected chi connectivity index (χ4v) is 2.57. The van der Waals surface area contributed by atoms with Crippen LogP contribution < -0.4 is 5.32 Å². The normalized spacial score (nSPS) is 19.0. The van der Waals surface area contributed by atoms with E-state index < -0.39 is 0 Å². The molecule has 1 aromatic heterocycles. The molecule has 0 amide bonds. The van der Waals surface area contributed by atoms with Gasteiger partial charge in [-0.2, -0.15) is 5.10 Å². The van der Waals surface area contributed by atoms with E-state index in [0.29, 0.717) is 30.4 Å². The summed E-state index contributed by atoms with van der Waals surface area (Å²) in [6, 6.07) is 0. The zero-order valence-electron chi connectivity index (χ0n) is 12.1. The average molecular weight is 282 g/mol. The third-order valence-electron chi connectivity index (χ3n) is 3.57. The van der Waals surface area contributed by atoms with Gasteiger partial charge in [0, 0.05) is 20.2 Å². The summed E-state index contributed by atoms with van der Waals surface area (Å²) in [7, 11) is 1.74. The molecule has 1 saturated heterocycles. The minimum atomic E-state index is -0.336. The molecule has 1 fully saturated rings. The second-order valence-electron chi connectivity index (χ2n) is 5.24. The lowest BCUT2D eigenvalue weighted by Gasteiger charge is -2.22. The van der Waals surface area contributed by atoms with Crippen molar-refractivity contribution in [1.29, 1.82) is 0 Å². The third kappa shape index (κ3) is 3.27. The van der Waals surface area contributed by atoms with E-state index in [1.54, 1.807) is 11.7 Å². The van der Waals surface area contributed by atoms with E-state index in [2.05, 4.69) is 10.4 Å². The van der Waals surface area contributed by atoms with Crippen molar-refractivity contribution in [3.63, 3.8) is 0 Å². The predicted molar refractivity (Wildman–Crippen MR) is 75.9 cm³/mol. The molecule has 1 unspecified atom stereocenters. The van der Waals surface area contributed by atoms with Crippen LogP contribution in [-0.4, -0.2) is 34.5 Å². The van der Waals surface area contributed by atoms with E-state index in [1.807, 2.05) is 6.92 Å². The Labute approximate surface area is 118 Å². The monoisotopic (exact) mass is 282 g/mol. The summed E-state index contributed by atoms with van der Waals surface area (Å²) in [5.74, 6) is 0.914. The second-order valence-corrected chi connectivity index (χ2v) is 5.24. The second kappa shape index (κ2) is 6.69. The SMILES string of the molecule is CCCc1nn(C)c(NCC2CCCOC2)c1[N+](=O)[O-]. The molecule has 0 saturated carbocycles. The number of hydrogen-bond acceptors (Lipinski definition) is 5. The molecule has 1 aliphatic rings. The van der Waals surface area contributed by atoms with Crippen molar-refractivity contribution < 1.29 is 9.66 Å². The number of anilines is 1. The van der Waals surface area contributed by atoms with Gasteiger partial charge in [0.1, 0.15) is 5.69 Å². The number of nitrogens with one attached hydrogen (secondary N) is 1. The lowest BCUT2D eigenvalue weighted by Crippen LogP contribution is -2.25. The summed E-state index contributed by atoms with van der Waals surface area (Å²) in [5.41, 5.74) is 0.675. The van der Waals surface area contributed by atoms with Crippen LogP contribution in [0.5, 0.6) is 0 Å². The number of hydrogen-bond donors (Lipinski definition) is 1. The maximum atomic E-state index is 11.3. The number of aromatic nitrogens is 2. The number of nitro groups is 1. The minimum absolute atomic E-state index is 0.117. The van der Waals surface area contributed by atoms with Gasteiger partial charge < -0.3 is 10.1 Å². The van der Waals surface area contributed by atoms with E-state index in [1.165, 1.54) is 0 Å². The van der Waals surface area contributed by atoms with Gasteiger partial charge in [0.15, 0.2) is 0 Å². The van der Waals surface area contributed by atoms with Crippen LogP contribution in [0.2, 0.25) is 0 Å². The number of ether oxygens (including phenoxy) is 1. The van der Waals surface area contributed by atoms with E-state index in [-0.39, 0.29) is 10.6 Å². The lowest BCUT2D eigenvalue weighted by atomic mass is 10.0. The zero-order valence-corrected chi connectivity index (χ0v) is 12.1. The predicted octanol–water partition coefficient (Wildman–Crippen LogP) is 2.12. The molecule has 0 bridgehead atoms. The largest absolute Gasteiger partial charge is 0.381 e. The van der Waals surface area contributed by atoms with Gasteiger partial charge in [0.25, 0.3) is 0 Å². The Morgan fingerprint density at radius 3 is 3.00 bits per heavy atom.